The van der Waals surface area contributed by atoms with E-state index < -0.39 is 5.92 Å². The van der Waals surface area contributed by atoms with E-state index in [2.05, 4.69) is 39.2 Å². The summed E-state index contributed by atoms with van der Waals surface area (Å²) in [6.07, 6.45) is 6.70. The van der Waals surface area contributed by atoms with Gasteiger partial charge in [-0.15, -0.1) is 0 Å². The summed E-state index contributed by atoms with van der Waals surface area (Å²) in [5, 5.41) is 24.0. The fraction of sp³-hybridized carbons (Fsp3) is 0.346. The molecule has 170 valence electrons. The summed E-state index contributed by atoms with van der Waals surface area (Å²) >= 11 is 3.51. The second-order valence-corrected chi connectivity index (χ2v) is 9.44. The third kappa shape index (κ3) is 4.67. The lowest BCUT2D eigenvalue weighted by Gasteiger charge is -2.35. The van der Waals surface area contributed by atoms with E-state index in [0.717, 1.165) is 36.2 Å². The highest BCUT2D eigenvalue weighted by molar-refractivity contribution is 9.10. The van der Waals surface area contributed by atoms with Crippen LogP contribution in [0.5, 0.6) is 11.5 Å². The molecule has 0 amide bonds. The number of carbonyl (C=O) groups excluding carboxylic acids is 1. The average Bonchev–Trinajstić information content (AvgIpc) is 2.78. The van der Waals surface area contributed by atoms with Crippen LogP contribution >= 0.6 is 15.9 Å². The number of rotatable bonds is 6. The van der Waals surface area contributed by atoms with Crippen LogP contribution in [0.1, 0.15) is 56.6 Å². The standard InChI is InChI=1S/C26H26BrN3O3/c1-3-5-16-8-21-25(22(31)9-16)24(19(12-28)15(2)30-21)18-10-20(27)26(23(32)11-18)33-14-17-6-4-7-29-13-17/h4,6-7,10-11,13,16,24,30,32H,3,5,8-9,14H2,1-2H3. The lowest BCUT2D eigenvalue weighted by Crippen LogP contribution is -2.34. The van der Waals surface area contributed by atoms with Crippen LogP contribution in [0.25, 0.3) is 0 Å². The van der Waals surface area contributed by atoms with Crippen molar-refractivity contribution in [1.29, 1.82) is 5.26 Å². The molecule has 0 fully saturated rings. The Labute approximate surface area is 202 Å². The predicted octanol–water partition coefficient (Wildman–Crippen LogP) is 5.65. The number of nitrogens with zero attached hydrogens (tertiary/aromatic N) is 2. The van der Waals surface area contributed by atoms with Crippen molar-refractivity contribution in [3.05, 3.63) is 74.8 Å². The molecule has 7 heteroatoms. The molecule has 0 bridgehead atoms. The van der Waals surface area contributed by atoms with Crippen molar-refractivity contribution in [2.24, 2.45) is 5.92 Å². The minimum atomic E-state index is -0.518. The van der Waals surface area contributed by atoms with Crippen LogP contribution in [0.4, 0.5) is 0 Å². The number of aromatic nitrogens is 1. The van der Waals surface area contributed by atoms with E-state index in [1.54, 1.807) is 18.5 Å². The van der Waals surface area contributed by atoms with Crippen LogP contribution in [0.2, 0.25) is 0 Å². The van der Waals surface area contributed by atoms with Crippen molar-refractivity contribution in [1.82, 2.24) is 10.3 Å². The zero-order valence-electron chi connectivity index (χ0n) is 18.7. The van der Waals surface area contributed by atoms with E-state index in [0.29, 0.717) is 39.3 Å². The number of allylic oxidation sites excluding steroid dienone is 4. The van der Waals surface area contributed by atoms with Gasteiger partial charge in [0, 0.05) is 41.3 Å². The first-order valence-electron chi connectivity index (χ1n) is 11.1. The van der Waals surface area contributed by atoms with Crippen LogP contribution < -0.4 is 10.1 Å². The third-order valence-corrected chi connectivity index (χ3v) is 6.80. The Morgan fingerprint density at radius 3 is 2.85 bits per heavy atom. The molecular formula is C26H26BrN3O3. The molecule has 6 nitrogen and oxygen atoms in total. The lowest BCUT2D eigenvalue weighted by molar-refractivity contribution is -0.117. The molecule has 2 atom stereocenters. The predicted molar refractivity (Wildman–Crippen MR) is 128 cm³/mol. The highest BCUT2D eigenvalue weighted by Gasteiger charge is 2.38. The summed E-state index contributed by atoms with van der Waals surface area (Å²) in [4.78, 5) is 17.3. The van der Waals surface area contributed by atoms with Gasteiger partial charge in [-0.2, -0.15) is 5.26 Å². The first-order chi connectivity index (χ1) is 15.9. The van der Waals surface area contributed by atoms with Crippen LogP contribution in [0.3, 0.4) is 0 Å². The molecule has 2 aromatic rings. The van der Waals surface area contributed by atoms with Gasteiger partial charge in [0.05, 0.1) is 22.0 Å². The molecule has 0 spiro atoms. The number of benzene rings is 1. The Kier molecular flexibility index (Phi) is 6.85. The average molecular weight is 508 g/mol. The fourth-order valence-electron chi connectivity index (χ4n) is 4.76. The van der Waals surface area contributed by atoms with E-state index in [1.807, 2.05) is 25.1 Å². The maximum Gasteiger partial charge on any atom is 0.175 e. The Morgan fingerprint density at radius 2 is 2.18 bits per heavy atom. The maximum atomic E-state index is 13.2. The molecule has 1 aromatic carbocycles. The topological polar surface area (TPSA) is 95.2 Å². The molecule has 1 aromatic heterocycles. The van der Waals surface area contributed by atoms with Crippen molar-refractivity contribution in [2.75, 3.05) is 0 Å². The van der Waals surface area contributed by atoms with E-state index in [1.165, 1.54) is 0 Å². The normalized spacial score (nSPS) is 20.2. The van der Waals surface area contributed by atoms with Gasteiger partial charge in [-0.05, 0) is 65.4 Å². The molecule has 2 aliphatic rings. The maximum absolute atomic E-state index is 13.2. The molecule has 33 heavy (non-hydrogen) atoms. The monoisotopic (exact) mass is 507 g/mol. The lowest BCUT2D eigenvalue weighted by atomic mass is 9.72. The Bertz CT molecular complexity index is 1160. The molecule has 1 aliphatic heterocycles. The number of Topliss-reactive ketones (excluding diaryl/α,β-unsaturated/α-hetero) is 1. The zero-order valence-corrected chi connectivity index (χ0v) is 20.3. The van der Waals surface area contributed by atoms with Crippen LogP contribution in [-0.4, -0.2) is 15.9 Å². The number of carbonyl (C=O) groups is 1. The van der Waals surface area contributed by atoms with E-state index in [-0.39, 0.29) is 18.1 Å². The van der Waals surface area contributed by atoms with E-state index >= 15 is 0 Å². The zero-order chi connectivity index (χ0) is 23.5. The summed E-state index contributed by atoms with van der Waals surface area (Å²) < 4.78 is 6.39. The highest BCUT2D eigenvalue weighted by atomic mass is 79.9. The fourth-order valence-corrected chi connectivity index (χ4v) is 5.34. The van der Waals surface area contributed by atoms with Gasteiger partial charge in [-0.1, -0.05) is 19.4 Å². The number of phenolic OH excluding ortho intramolecular Hbond substituents is 1. The molecule has 0 saturated carbocycles. The van der Waals surface area contributed by atoms with Gasteiger partial charge < -0.3 is 15.2 Å². The number of nitriles is 1. The Balaban J connectivity index is 1.70. The molecular weight excluding hydrogens is 482 g/mol. The van der Waals surface area contributed by atoms with Crippen LogP contribution in [0, 0.1) is 17.2 Å². The number of hydrogen-bond donors (Lipinski definition) is 2. The number of phenols is 1. The molecule has 2 N–H and O–H groups in total. The molecule has 1 aliphatic carbocycles. The summed E-state index contributed by atoms with van der Waals surface area (Å²) in [5.74, 6) is 0.124. The first kappa shape index (κ1) is 23.1. The van der Waals surface area contributed by atoms with Gasteiger partial charge in [-0.3, -0.25) is 9.78 Å². The Morgan fingerprint density at radius 1 is 1.36 bits per heavy atom. The van der Waals surface area contributed by atoms with Crippen molar-refractivity contribution < 1.29 is 14.6 Å². The van der Waals surface area contributed by atoms with Gasteiger partial charge in [0.1, 0.15) is 6.61 Å². The number of ketones is 1. The van der Waals surface area contributed by atoms with Crippen molar-refractivity contribution in [3.63, 3.8) is 0 Å². The largest absolute Gasteiger partial charge is 0.504 e. The smallest absolute Gasteiger partial charge is 0.175 e. The number of hydrogen-bond acceptors (Lipinski definition) is 6. The van der Waals surface area contributed by atoms with Crippen molar-refractivity contribution >= 4 is 21.7 Å². The number of pyridine rings is 1. The van der Waals surface area contributed by atoms with Gasteiger partial charge in [0.25, 0.3) is 0 Å². The first-order valence-corrected chi connectivity index (χ1v) is 11.9. The minimum Gasteiger partial charge on any atom is -0.504 e. The molecule has 0 saturated heterocycles. The van der Waals surface area contributed by atoms with Gasteiger partial charge in [0.15, 0.2) is 17.3 Å². The van der Waals surface area contributed by atoms with Crippen LogP contribution in [-0.2, 0) is 11.4 Å². The number of nitrogens with one attached hydrogen (secondary N) is 1. The SMILES string of the molecule is CCCC1CC(=O)C2=C(C1)NC(C)=C(C#N)C2c1cc(O)c(OCc2cccnc2)c(Br)c1. The quantitative estimate of drug-likeness (QED) is 0.524. The molecule has 0 radical (unpaired) electrons. The number of dihydropyridines is 1. The summed E-state index contributed by atoms with van der Waals surface area (Å²) in [6, 6.07) is 9.43. The van der Waals surface area contributed by atoms with E-state index in [4.69, 9.17) is 4.74 Å². The number of aromatic hydroxyl groups is 1. The van der Waals surface area contributed by atoms with Gasteiger partial charge in [-0.25, -0.2) is 0 Å². The summed E-state index contributed by atoms with van der Waals surface area (Å²) in [6.45, 7) is 4.24. The summed E-state index contributed by atoms with van der Waals surface area (Å²) in [7, 11) is 0. The van der Waals surface area contributed by atoms with Crippen molar-refractivity contribution in [3.8, 4) is 17.6 Å². The van der Waals surface area contributed by atoms with Crippen molar-refractivity contribution in [2.45, 2.75) is 52.1 Å². The third-order valence-electron chi connectivity index (χ3n) is 6.22. The highest BCUT2D eigenvalue weighted by Crippen LogP contribution is 2.47. The molecule has 2 unspecified atom stereocenters. The van der Waals surface area contributed by atoms with Gasteiger partial charge >= 0.3 is 0 Å². The minimum absolute atomic E-state index is 0.0500. The number of halogens is 1. The Hall–Kier alpha value is -3.11. The summed E-state index contributed by atoms with van der Waals surface area (Å²) in [5.41, 5.74) is 4.34. The van der Waals surface area contributed by atoms with Crippen LogP contribution in [0.15, 0.2) is 63.7 Å². The van der Waals surface area contributed by atoms with E-state index in [9.17, 15) is 15.2 Å². The number of ether oxygens (including phenoxy) is 1. The second-order valence-electron chi connectivity index (χ2n) is 8.59. The molecule has 4 rings (SSSR count). The van der Waals surface area contributed by atoms with Gasteiger partial charge in [0.2, 0.25) is 0 Å². The second kappa shape index (κ2) is 9.80. The molecule has 2 heterocycles.